The quantitative estimate of drug-likeness (QED) is 0.729. The molecule has 2 amide bonds. The summed E-state index contributed by atoms with van der Waals surface area (Å²) < 4.78 is 11.6. The fraction of sp³-hybridized carbons (Fsp3) is 0.190. The van der Waals surface area contributed by atoms with Crippen molar-refractivity contribution >= 4 is 11.8 Å². The van der Waals surface area contributed by atoms with Crippen LogP contribution in [0, 0.1) is 0 Å². The second-order valence-electron chi connectivity index (χ2n) is 6.38. The molecule has 1 aliphatic heterocycles. The predicted octanol–water partition coefficient (Wildman–Crippen LogP) is 3.95. The molecule has 1 aliphatic rings. The van der Waals surface area contributed by atoms with Gasteiger partial charge < -0.3 is 14.4 Å². The SMILES string of the molecule is O=C(Nc1ccc(Oc2ccccc2)cn1)N1CCC(Oc2ccncc2)C1. The van der Waals surface area contributed by atoms with E-state index in [1.54, 1.807) is 35.6 Å². The number of urea groups is 1. The maximum Gasteiger partial charge on any atom is 0.323 e. The predicted molar refractivity (Wildman–Crippen MR) is 105 cm³/mol. The first kappa shape index (κ1) is 17.8. The number of benzene rings is 1. The molecule has 1 saturated heterocycles. The summed E-state index contributed by atoms with van der Waals surface area (Å²) in [5.74, 6) is 2.58. The van der Waals surface area contributed by atoms with Crippen molar-refractivity contribution in [3.63, 3.8) is 0 Å². The number of nitrogens with one attached hydrogen (secondary N) is 1. The third-order valence-electron chi connectivity index (χ3n) is 4.33. The van der Waals surface area contributed by atoms with Crippen LogP contribution >= 0.6 is 0 Å². The van der Waals surface area contributed by atoms with Crippen LogP contribution in [0.4, 0.5) is 10.6 Å². The summed E-state index contributed by atoms with van der Waals surface area (Å²) in [6.45, 7) is 1.17. The summed E-state index contributed by atoms with van der Waals surface area (Å²) in [5.41, 5.74) is 0. The highest BCUT2D eigenvalue weighted by atomic mass is 16.5. The molecule has 1 fully saturated rings. The second-order valence-corrected chi connectivity index (χ2v) is 6.38. The smallest absolute Gasteiger partial charge is 0.323 e. The van der Waals surface area contributed by atoms with Gasteiger partial charge in [-0.1, -0.05) is 18.2 Å². The number of carbonyl (C=O) groups is 1. The van der Waals surface area contributed by atoms with Crippen LogP contribution in [-0.4, -0.2) is 40.1 Å². The van der Waals surface area contributed by atoms with Crippen molar-refractivity contribution in [2.75, 3.05) is 18.4 Å². The summed E-state index contributed by atoms with van der Waals surface area (Å²) >= 11 is 0. The highest BCUT2D eigenvalue weighted by Gasteiger charge is 2.27. The number of para-hydroxylation sites is 1. The normalized spacial score (nSPS) is 15.9. The summed E-state index contributed by atoms with van der Waals surface area (Å²) in [6, 6.07) is 16.4. The van der Waals surface area contributed by atoms with Crippen LogP contribution in [-0.2, 0) is 0 Å². The minimum absolute atomic E-state index is 0.0252. The number of aromatic nitrogens is 2. The Morgan fingerprint density at radius 3 is 2.57 bits per heavy atom. The van der Waals surface area contributed by atoms with Crippen LogP contribution in [0.2, 0.25) is 0 Å². The summed E-state index contributed by atoms with van der Waals surface area (Å²) in [4.78, 5) is 22.4. The monoisotopic (exact) mass is 376 g/mol. The Morgan fingerprint density at radius 2 is 1.82 bits per heavy atom. The molecule has 4 rings (SSSR count). The zero-order valence-corrected chi connectivity index (χ0v) is 15.2. The van der Waals surface area contributed by atoms with Crippen molar-refractivity contribution < 1.29 is 14.3 Å². The van der Waals surface area contributed by atoms with E-state index in [0.29, 0.717) is 24.7 Å². The number of likely N-dealkylation sites (tertiary alicyclic amines) is 1. The molecule has 0 saturated carbocycles. The first-order chi connectivity index (χ1) is 13.8. The van der Waals surface area contributed by atoms with Gasteiger partial charge in [-0.2, -0.15) is 0 Å². The molecule has 0 aliphatic carbocycles. The molecular weight excluding hydrogens is 356 g/mol. The summed E-state index contributed by atoms with van der Waals surface area (Å²) in [7, 11) is 0. The van der Waals surface area contributed by atoms with Crippen molar-refractivity contribution in [2.24, 2.45) is 0 Å². The van der Waals surface area contributed by atoms with Gasteiger partial charge in [0.1, 0.15) is 29.2 Å². The van der Waals surface area contributed by atoms with Gasteiger partial charge in [0.05, 0.1) is 12.7 Å². The third-order valence-corrected chi connectivity index (χ3v) is 4.33. The molecule has 1 atom stereocenters. The lowest BCUT2D eigenvalue weighted by atomic mass is 10.3. The Bertz CT molecular complexity index is 904. The lowest BCUT2D eigenvalue weighted by molar-refractivity contribution is 0.194. The Kier molecular flexibility index (Phi) is 5.33. The molecule has 1 aromatic carbocycles. The zero-order valence-electron chi connectivity index (χ0n) is 15.2. The molecule has 7 heteroatoms. The largest absolute Gasteiger partial charge is 0.488 e. The number of hydrogen-bond donors (Lipinski definition) is 1. The van der Waals surface area contributed by atoms with Crippen molar-refractivity contribution in [2.45, 2.75) is 12.5 Å². The lowest BCUT2D eigenvalue weighted by Gasteiger charge is -2.17. The maximum atomic E-state index is 12.5. The Labute approximate surface area is 163 Å². The maximum absolute atomic E-state index is 12.5. The Balaban J connectivity index is 1.29. The molecule has 7 nitrogen and oxygen atoms in total. The number of nitrogens with zero attached hydrogens (tertiary/aromatic N) is 3. The van der Waals surface area contributed by atoms with E-state index in [0.717, 1.165) is 17.9 Å². The Hall–Kier alpha value is -3.61. The molecule has 1 unspecified atom stereocenters. The van der Waals surface area contributed by atoms with Crippen LogP contribution in [0.25, 0.3) is 0 Å². The summed E-state index contributed by atoms with van der Waals surface area (Å²) in [6.07, 6.45) is 5.72. The van der Waals surface area contributed by atoms with Gasteiger partial charge in [-0.05, 0) is 36.4 Å². The van der Waals surface area contributed by atoms with Crippen LogP contribution in [0.3, 0.4) is 0 Å². The van der Waals surface area contributed by atoms with E-state index in [1.807, 2.05) is 42.5 Å². The van der Waals surface area contributed by atoms with E-state index in [9.17, 15) is 4.79 Å². The highest BCUT2D eigenvalue weighted by molar-refractivity contribution is 5.88. The number of anilines is 1. The third kappa shape index (κ3) is 4.56. The second kappa shape index (κ2) is 8.39. The van der Waals surface area contributed by atoms with Gasteiger partial charge >= 0.3 is 6.03 Å². The van der Waals surface area contributed by atoms with Gasteiger partial charge in [-0.3, -0.25) is 10.3 Å². The molecule has 1 N–H and O–H groups in total. The van der Waals surface area contributed by atoms with E-state index < -0.39 is 0 Å². The molecule has 0 spiro atoms. The number of hydrogen-bond acceptors (Lipinski definition) is 5. The minimum atomic E-state index is -0.190. The highest BCUT2D eigenvalue weighted by Crippen LogP contribution is 2.22. The zero-order chi connectivity index (χ0) is 19.2. The molecule has 28 heavy (non-hydrogen) atoms. The van der Waals surface area contributed by atoms with Gasteiger partial charge in [-0.15, -0.1) is 0 Å². The molecule has 3 heterocycles. The van der Waals surface area contributed by atoms with E-state index in [1.165, 1.54) is 0 Å². The van der Waals surface area contributed by atoms with Gasteiger partial charge in [0.15, 0.2) is 0 Å². The molecule has 142 valence electrons. The van der Waals surface area contributed by atoms with Gasteiger partial charge in [0.2, 0.25) is 0 Å². The Morgan fingerprint density at radius 1 is 1.00 bits per heavy atom. The van der Waals surface area contributed by atoms with Crippen molar-refractivity contribution in [1.82, 2.24) is 14.9 Å². The van der Waals surface area contributed by atoms with Crippen LogP contribution in [0.1, 0.15) is 6.42 Å². The standard InChI is InChI=1S/C21H20N4O3/c26-21(25-13-10-19(15-25)28-17-8-11-22-12-9-17)24-20-7-6-18(14-23-20)27-16-4-2-1-3-5-16/h1-9,11-12,14,19H,10,13,15H2,(H,23,24,26). The first-order valence-corrected chi connectivity index (χ1v) is 9.08. The van der Waals surface area contributed by atoms with Crippen LogP contribution < -0.4 is 14.8 Å². The minimum Gasteiger partial charge on any atom is -0.488 e. The number of ether oxygens (including phenoxy) is 2. The molecule has 0 bridgehead atoms. The number of amides is 2. The molecule has 0 radical (unpaired) electrons. The van der Waals surface area contributed by atoms with Gasteiger partial charge in [0, 0.05) is 25.4 Å². The number of rotatable bonds is 5. The number of carbonyl (C=O) groups excluding carboxylic acids is 1. The molecular formula is C21H20N4O3. The van der Waals surface area contributed by atoms with Crippen molar-refractivity contribution in [3.05, 3.63) is 73.2 Å². The van der Waals surface area contributed by atoms with E-state index >= 15 is 0 Å². The van der Waals surface area contributed by atoms with E-state index in [-0.39, 0.29) is 12.1 Å². The molecule has 2 aromatic heterocycles. The van der Waals surface area contributed by atoms with Gasteiger partial charge in [0.25, 0.3) is 0 Å². The lowest BCUT2D eigenvalue weighted by Crippen LogP contribution is -2.34. The van der Waals surface area contributed by atoms with Gasteiger partial charge in [-0.25, -0.2) is 9.78 Å². The topological polar surface area (TPSA) is 76.6 Å². The van der Waals surface area contributed by atoms with Crippen molar-refractivity contribution in [1.29, 1.82) is 0 Å². The summed E-state index contributed by atoms with van der Waals surface area (Å²) in [5, 5.41) is 2.81. The van der Waals surface area contributed by atoms with Crippen LogP contribution in [0.5, 0.6) is 17.2 Å². The first-order valence-electron chi connectivity index (χ1n) is 9.08. The number of pyridine rings is 2. The fourth-order valence-corrected chi connectivity index (χ4v) is 2.95. The van der Waals surface area contributed by atoms with Crippen LogP contribution in [0.15, 0.2) is 73.2 Å². The average Bonchev–Trinajstić information content (AvgIpc) is 3.20. The fourth-order valence-electron chi connectivity index (χ4n) is 2.95. The van der Waals surface area contributed by atoms with E-state index in [2.05, 4.69) is 15.3 Å². The van der Waals surface area contributed by atoms with Crippen molar-refractivity contribution in [3.8, 4) is 17.2 Å². The molecule has 3 aromatic rings. The van der Waals surface area contributed by atoms with E-state index in [4.69, 9.17) is 9.47 Å². The average molecular weight is 376 g/mol.